The van der Waals surface area contributed by atoms with E-state index in [0.717, 1.165) is 16.0 Å². The normalized spacial score (nSPS) is 16.0. The largest absolute Gasteiger partial charge is 0.483 e. The number of amides is 1. The monoisotopic (exact) mass is 377 g/mol. The fourth-order valence-corrected chi connectivity index (χ4v) is 4.38. The highest BCUT2D eigenvalue weighted by atomic mass is 35.5. The number of aryl methyl sites for hydroxylation is 1. The molecule has 1 amide bonds. The molecule has 0 saturated carbocycles. The Balaban J connectivity index is 1.68. The van der Waals surface area contributed by atoms with E-state index in [0.29, 0.717) is 28.6 Å². The number of thiophene rings is 1. The van der Waals surface area contributed by atoms with Gasteiger partial charge in [-0.25, -0.2) is 0 Å². The fraction of sp³-hybridized carbons (Fsp3) is 0.368. The Labute approximate surface area is 156 Å². The van der Waals surface area contributed by atoms with Gasteiger partial charge in [0.2, 0.25) is 0 Å². The van der Waals surface area contributed by atoms with Crippen LogP contribution >= 0.6 is 22.9 Å². The zero-order valence-electron chi connectivity index (χ0n) is 14.5. The van der Waals surface area contributed by atoms with Gasteiger partial charge in [0.1, 0.15) is 5.75 Å². The summed E-state index contributed by atoms with van der Waals surface area (Å²) in [4.78, 5) is 27.2. The Morgan fingerprint density at radius 2 is 2.12 bits per heavy atom. The maximum absolute atomic E-state index is 12.3. The molecule has 1 atom stereocenters. The summed E-state index contributed by atoms with van der Waals surface area (Å²) < 4.78 is 6.42. The third-order valence-electron chi connectivity index (χ3n) is 4.49. The molecule has 4 nitrogen and oxygen atoms in total. The number of ether oxygens (including phenoxy) is 1. The number of ketones is 1. The summed E-state index contributed by atoms with van der Waals surface area (Å²) in [6.45, 7) is 4.45. The molecule has 0 radical (unpaired) electrons. The lowest BCUT2D eigenvalue weighted by Crippen LogP contribution is -2.30. The van der Waals surface area contributed by atoms with E-state index in [9.17, 15) is 9.59 Å². The van der Waals surface area contributed by atoms with Crippen molar-refractivity contribution in [1.82, 2.24) is 4.90 Å². The second kappa shape index (κ2) is 7.18. The van der Waals surface area contributed by atoms with Crippen molar-refractivity contribution in [3.63, 3.8) is 0 Å². The van der Waals surface area contributed by atoms with Gasteiger partial charge in [0.05, 0.1) is 16.4 Å². The van der Waals surface area contributed by atoms with Crippen LogP contribution in [0.1, 0.15) is 45.6 Å². The number of Topliss-reactive ketones (excluding diaryl/α,β-unsaturated/α-hetero) is 1. The van der Waals surface area contributed by atoms with E-state index in [4.69, 9.17) is 16.3 Å². The van der Waals surface area contributed by atoms with Crippen LogP contribution in [-0.4, -0.2) is 30.2 Å². The number of likely N-dealkylation sites (N-methyl/N-ethyl adjacent to an activating group) is 1. The van der Waals surface area contributed by atoms with Gasteiger partial charge in [-0.3, -0.25) is 9.59 Å². The lowest BCUT2D eigenvalue weighted by molar-refractivity contribution is -0.132. The van der Waals surface area contributed by atoms with E-state index in [1.807, 2.05) is 32.0 Å². The number of carbonyl (C=O) groups is 2. The molecule has 0 N–H and O–H groups in total. The Hall–Kier alpha value is -1.85. The number of benzene rings is 1. The van der Waals surface area contributed by atoms with Crippen molar-refractivity contribution < 1.29 is 14.3 Å². The molecule has 1 aromatic carbocycles. The Bertz CT molecular complexity index is 830. The van der Waals surface area contributed by atoms with Crippen LogP contribution in [0.15, 0.2) is 24.3 Å². The highest BCUT2D eigenvalue weighted by molar-refractivity contribution is 7.16. The molecule has 0 saturated heterocycles. The van der Waals surface area contributed by atoms with Crippen LogP contribution in [0.4, 0.5) is 0 Å². The minimum atomic E-state index is -0.141. The molecular formula is C19H20ClNO3S. The predicted molar refractivity (Wildman–Crippen MR) is 99.8 cm³/mol. The van der Waals surface area contributed by atoms with E-state index in [1.54, 1.807) is 18.0 Å². The molecule has 0 fully saturated rings. The van der Waals surface area contributed by atoms with Crippen molar-refractivity contribution in [2.75, 3.05) is 13.7 Å². The Morgan fingerprint density at radius 3 is 2.80 bits per heavy atom. The lowest BCUT2D eigenvalue weighted by atomic mass is 9.97. The molecule has 25 heavy (non-hydrogen) atoms. The molecule has 132 valence electrons. The van der Waals surface area contributed by atoms with E-state index in [2.05, 4.69) is 0 Å². The lowest BCUT2D eigenvalue weighted by Gasteiger charge is -2.18. The summed E-state index contributed by atoms with van der Waals surface area (Å²) in [7, 11) is 1.73. The van der Waals surface area contributed by atoms with E-state index < -0.39 is 0 Å². The van der Waals surface area contributed by atoms with Gasteiger partial charge in [-0.1, -0.05) is 24.6 Å². The third kappa shape index (κ3) is 3.72. The van der Waals surface area contributed by atoms with Crippen molar-refractivity contribution in [2.24, 2.45) is 0 Å². The van der Waals surface area contributed by atoms with Gasteiger partial charge in [-0.05, 0) is 42.2 Å². The molecule has 1 aliphatic carbocycles. The Morgan fingerprint density at radius 1 is 1.36 bits per heavy atom. The van der Waals surface area contributed by atoms with E-state index in [1.165, 1.54) is 11.3 Å². The third-order valence-corrected chi connectivity index (χ3v) is 5.70. The van der Waals surface area contributed by atoms with Crippen LogP contribution in [0, 0.1) is 6.92 Å². The fourth-order valence-electron chi connectivity index (χ4n) is 3.24. The average Bonchev–Trinajstić information content (AvgIpc) is 3.10. The van der Waals surface area contributed by atoms with Crippen LogP contribution in [0.25, 0.3) is 0 Å². The van der Waals surface area contributed by atoms with E-state index >= 15 is 0 Å². The number of hydrogen-bond acceptors (Lipinski definition) is 4. The minimum absolute atomic E-state index is 0.0905. The molecule has 0 bridgehead atoms. The highest BCUT2D eigenvalue weighted by Crippen LogP contribution is 2.40. The first-order valence-electron chi connectivity index (χ1n) is 8.14. The maximum atomic E-state index is 12.3. The Kier molecular flexibility index (Phi) is 5.16. The van der Waals surface area contributed by atoms with Gasteiger partial charge in [-0.15, -0.1) is 11.3 Å². The first-order valence-corrected chi connectivity index (χ1v) is 9.34. The maximum Gasteiger partial charge on any atom is 0.260 e. The second-order valence-electron chi connectivity index (χ2n) is 6.44. The van der Waals surface area contributed by atoms with Crippen LogP contribution in [0.2, 0.25) is 4.34 Å². The number of fused-ring (bicyclic) bond motifs is 1. The number of carbonyl (C=O) groups excluding carboxylic acids is 2. The summed E-state index contributed by atoms with van der Waals surface area (Å²) in [5, 5.41) is 0. The van der Waals surface area contributed by atoms with E-state index in [-0.39, 0.29) is 24.2 Å². The molecule has 0 aliphatic heterocycles. The van der Waals surface area contributed by atoms with Gasteiger partial charge in [0, 0.05) is 18.3 Å². The molecule has 1 aliphatic rings. The molecule has 6 heteroatoms. The first kappa shape index (κ1) is 18.0. The molecule has 1 heterocycles. The summed E-state index contributed by atoms with van der Waals surface area (Å²) in [6, 6.07) is 7.46. The average molecular weight is 378 g/mol. The number of rotatable bonds is 5. The number of halogens is 1. The van der Waals surface area contributed by atoms with Gasteiger partial charge in [-0.2, -0.15) is 0 Å². The summed E-state index contributed by atoms with van der Waals surface area (Å²) in [5.41, 5.74) is 2.79. The smallest absolute Gasteiger partial charge is 0.260 e. The first-order chi connectivity index (χ1) is 11.9. The highest BCUT2D eigenvalue weighted by Gasteiger charge is 2.31. The molecule has 0 unspecified atom stereocenters. The number of nitrogens with zero attached hydrogens (tertiary/aromatic N) is 1. The molecule has 2 aromatic rings. The quantitative estimate of drug-likeness (QED) is 0.774. The molecule has 1 aromatic heterocycles. The predicted octanol–water partition coefficient (Wildman–Crippen LogP) is 4.44. The van der Waals surface area contributed by atoms with Crippen LogP contribution in [0.5, 0.6) is 5.75 Å². The summed E-state index contributed by atoms with van der Waals surface area (Å²) >= 11 is 7.37. The van der Waals surface area contributed by atoms with Crippen LogP contribution in [-0.2, 0) is 11.3 Å². The van der Waals surface area contributed by atoms with Crippen molar-refractivity contribution in [1.29, 1.82) is 0 Å². The SMILES string of the molecule is Cc1ccc(OCC(=O)N(C)Cc2ccc(Cl)s2)c2c1[C@@H](C)CC2=O. The minimum Gasteiger partial charge on any atom is -0.483 e. The standard InChI is InChI=1S/C19H20ClNO3S/c1-11-4-6-15(19-14(22)8-12(2)18(11)19)24-10-17(23)21(3)9-13-5-7-16(20)25-13/h4-7,12H,8-10H2,1-3H3/t12-/m0/s1. The molecule has 0 spiro atoms. The summed E-state index contributed by atoms with van der Waals surface area (Å²) in [6.07, 6.45) is 0.504. The molecular weight excluding hydrogens is 358 g/mol. The van der Waals surface area contributed by atoms with Gasteiger partial charge in [0.15, 0.2) is 12.4 Å². The van der Waals surface area contributed by atoms with Crippen LogP contribution in [0.3, 0.4) is 0 Å². The molecule has 3 rings (SSSR count). The van der Waals surface area contributed by atoms with Crippen LogP contribution < -0.4 is 4.74 Å². The zero-order valence-corrected chi connectivity index (χ0v) is 16.0. The van der Waals surface area contributed by atoms with Crippen molar-refractivity contribution >= 4 is 34.6 Å². The van der Waals surface area contributed by atoms with Gasteiger partial charge in [0.25, 0.3) is 5.91 Å². The summed E-state index contributed by atoms with van der Waals surface area (Å²) in [5.74, 6) is 0.663. The number of hydrogen-bond donors (Lipinski definition) is 0. The second-order valence-corrected chi connectivity index (χ2v) is 8.24. The zero-order chi connectivity index (χ0) is 18.1. The van der Waals surface area contributed by atoms with Gasteiger partial charge < -0.3 is 9.64 Å². The van der Waals surface area contributed by atoms with Gasteiger partial charge >= 0.3 is 0 Å². The van der Waals surface area contributed by atoms with Crippen molar-refractivity contribution in [3.8, 4) is 5.75 Å². The van der Waals surface area contributed by atoms with Crippen molar-refractivity contribution in [2.45, 2.75) is 32.7 Å². The topological polar surface area (TPSA) is 46.6 Å². The van der Waals surface area contributed by atoms with Crippen molar-refractivity contribution in [3.05, 3.63) is 50.2 Å².